The van der Waals surface area contributed by atoms with E-state index in [-0.39, 0.29) is 18.0 Å². The maximum Gasteiger partial charge on any atom is 0.258 e. The number of pyridine rings is 1. The summed E-state index contributed by atoms with van der Waals surface area (Å²) >= 11 is 0. The SMILES string of the molecule is CCOc1ccc(N(Cc2cc3ccc(C)cc3[nH]c2=O)C(=O)c2cc(OC)c(OC)c(OC)c2)cc1. The fourth-order valence-electron chi connectivity index (χ4n) is 4.18. The first-order valence-corrected chi connectivity index (χ1v) is 11.9. The number of methoxy groups -OCH3 is 3. The van der Waals surface area contributed by atoms with Gasteiger partial charge < -0.3 is 28.8 Å². The summed E-state index contributed by atoms with van der Waals surface area (Å²) in [5.74, 6) is 1.44. The Bertz CT molecular complexity index is 1450. The molecule has 0 saturated carbocycles. The van der Waals surface area contributed by atoms with Gasteiger partial charge in [-0.2, -0.15) is 0 Å². The van der Waals surface area contributed by atoms with E-state index in [4.69, 9.17) is 18.9 Å². The molecule has 192 valence electrons. The van der Waals surface area contributed by atoms with E-state index >= 15 is 0 Å². The van der Waals surface area contributed by atoms with Crippen molar-refractivity contribution < 1.29 is 23.7 Å². The lowest BCUT2D eigenvalue weighted by Crippen LogP contribution is -2.33. The van der Waals surface area contributed by atoms with Crippen molar-refractivity contribution >= 4 is 22.5 Å². The number of aryl methyl sites for hydroxylation is 1. The van der Waals surface area contributed by atoms with Gasteiger partial charge in [-0.05, 0) is 73.3 Å². The highest BCUT2D eigenvalue weighted by Crippen LogP contribution is 2.39. The number of ether oxygens (including phenoxy) is 4. The van der Waals surface area contributed by atoms with Gasteiger partial charge in [-0.15, -0.1) is 0 Å². The molecule has 0 unspecified atom stereocenters. The van der Waals surface area contributed by atoms with E-state index in [1.165, 1.54) is 21.3 Å². The Morgan fingerprint density at radius 1 is 0.892 bits per heavy atom. The minimum atomic E-state index is -0.341. The summed E-state index contributed by atoms with van der Waals surface area (Å²) in [6.45, 7) is 4.44. The number of nitrogens with zero attached hydrogens (tertiary/aromatic N) is 1. The third kappa shape index (κ3) is 5.38. The van der Waals surface area contributed by atoms with Crippen LogP contribution in [-0.4, -0.2) is 38.8 Å². The van der Waals surface area contributed by atoms with Gasteiger partial charge in [0.05, 0.1) is 34.5 Å². The van der Waals surface area contributed by atoms with Crippen LogP contribution in [0.15, 0.2) is 65.5 Å². The Labute approximate surface area is 215 Å². The maximum absolute atomic E-state index is 13.9. The molecular formula is C29H30N2O6. The average molecular weight is 503 g/mol. The number of fused-ring (bicyclic) bond motifs is 1. The van der Waals surface area contributed by atoms with Gasteiger partial charge >= 0.3 is 0 Å². The average Bonchev–Trinajstić information content (AvgIpc) is 2.91. The van der Waals surface area contributed by atoms with Crippen molar-refractivity contribution in [2.45, 2.75) is 20.4 Å². The van der Waals surface area contributed by atoms with Crippen molar-refractivity contribution in [2.75, 3.05) is 32.8 Å². The van der Waals surface area contributed by atoms with E-state index in [1.54, 1.807) is 41.3 Å². The Hall–Kier alpha value is -4.46. The molecule has 0 atom stereocenters. The van der Waals surface area contributed by atoms with Crippen LogP contribution in [-0.2, 0) is 6.54 Å². The highest BCUT2D eigenvalue weighted by molar-refractivity contribution is 6.07. The second-order valence-corrected chi connectivity index (χ2v) is 8.45. The molecule has 8 nitrogen and oxygen atoms in total. The van der Waals surface area contributed by atoms with Gasteiger partial charge in [-0.3, -0.25) is 9.59 Å². The number of aromatic nitrogens is 1. The van der Waals surface area contributed by atoms with E-state index in [1.807, 2.05) is 38.1 Å². The number of nitrogens with one attached hydrogen (secondary N) is 1. The number of carbonyl (C=O) groups is 1. The van der Waals surface area contributed by atoms with Crippen LogP contribution in [0.3, 0.4) is 0 Å². The molecule has 0 saturated heterocycles. The summed E-state index contributed by atoms with van der Waals surface area (Å²) < 4.78 is 21.9. The number of hydrogen-bond donors (Lipinski definition) is 1. The lowest BCUT2D eigenvalue weighted by atomic mass is 10.1. The standard InChI is InChI=1S/C29H30N2O6/c1-6-37-23-11-9-22(10-12-23)31(17-21-14-19-8-7-18(2)13-24(19)30-28(21)32)29(33)20-15-25(34-3)27(36-5)26(16-20)35-4/h7-16H,6,17H2,1-5H3,(H,30,32). The molecule has 0 aliphatic rings. The van der Waals surface area contributed by atoms with Crippen molar-refractivity contribution in [1.29, 1.82) is 0 Å². The van der Waals surface area contributed by atoms with Crippen LogP contribution in [0.4, 0.5) is 5.69 Å². The second-order valence-electron chi connectivity index (χ2n) is 8.45. The molecule has 0 radical (unpaired) electrons. The smallest absolute Gasteiger partial charge is 0.258 e. The number of carbonyl (C=O) groups excluding carboxylic acids is 1. The van der Waals surface area contributed by atoms with Gasteiger partial charge in [-0.25, -0.2) is 0 Å². The molecule has 0 spiro atoms. The van der Waals surface area contributed by atoms with Gasteiger partial charge in [0, 0.05) is 22.3 Å². The van der Waals surface area contributed by atoms with Crippen LogP contribution < -0.4 is 29.4 Å². The number of amides is 1. The summed E-state index contributed by atoms with van der Waals surface area (Å²) in [5.41, 5.74) is 2.90. The normalized spacial score (nSPS) is 10.7. The van der Waals surface area contributed by atoms with Crippen molar-refractivity contribution in [3.8, 4) is 23.0 Å². The van der Waals surface area contributed by atoms with Crippen molar-refractivity contribution in [3.05, 3.63) is 87.7 Å². The number of benzene rings is 3. The number of aromatic amines is 1. The third-order valence-corrected chi connectivity index (χ3v) is 6.02. The molecule has 1 heterocycles. The predicted molar refractivity (Wildman–Crippen MR) is 144 cm³/mol. The molecule has 1 aromatic heterocycles. The zero-order valence-electron chi connectivity index (χ0n) is 21.6. The minimum absolute atomic E-state index is 0.0443. The third-order valence-electron chi connectivity index (χ3n) is 6.02. The lowest BCUT2D eigenvalue weighted by Gasteiger charge is -2.24. The topological polar surface area (TPSA) is 90.1 Å². The summed E-state index contributed by atoms with van der Waals surface area (Å²) in [6.07, 6.45) is 0. The molecule has 4 aromatic rings. The van der Waals surface area contributed by atoms with Crippen molar-refractivity contribution in [2.24, 2.45) is 0 Å². The molecule has 4 rings (SSSR count). The van der Waals surface area contributed by atoms with Crippen molar-refractivity contribution in [1.82, 2.24) is 4.98 Å². The Kier molecular flexibility index (Phi) is 7.67. The van der Waals surface area contributed by atoms with E-state index < -0.39 is 0 Å². The fourth-order valence-corrected chi connectivity index (χ4v) is 4.18. The number of rotatable bonds is 9. The van der Waals surface area contributed by atoms with Crippen LogP contribution >= 0.6 is 0 Å². The second kappa shape index (κ2) is 11.1. The Balaban J connectivity index is 1.81. The maximum atomic E-state index is 13.9. The van der Waals surface area contributed by atoms with Gasteiger partial charge in [0.15, 0.2) is 11.5 Å². The number of anilines is 1. The number of hydrogen-bond acceptors (Lipinski definition) is 6. The first-order valence-electron chi connectivity index (χ1n) is 11.9. The van der Waals surface area contributed by atoms with Crippen LogP contribution in [0.25, 0.3) is 10.9 Å². The van der Waals surface area contributed by atoms with Crippen LogP contribution in [0.5, 0.6) is 23.0 Å². The largest absolute Gasteiger partial charge is 0.494 e. The number of H-pyrrole nitrogens is 1. The van der Waals surface area contributed by atoms with E-state index in [0.717, 1.165) is 16.5 Å². The molecule has 1 amide bonds. The molecule has 0 aliphatic heterocycles. The summed E-state index contributed by atoms with van der Waals surface area (Å²) in [6, 6.07) is 18.0. The van der Waals surface area contributed by atoms with Crippen LogP contribution in [0, 0.1) is 6.92 Å². The van der Waals surface area contributed by atoms with Gasteiger partial charge in [-0.1, -0.05) is 12.1 Å². The molecule has 0 aliphatic carbocycles. The first kappa shape index (κ1) is 25.6. The quantitative estimate of drug-likeness (QED) is 0.342. The summed E-state index contributed by atoms with van der Waals surface area (Å²) in [7, 11) is 4.49. The molecule has 3 aromatic carbocycles. The molecule has 0 bridgehead atoms. The molecule has 37 heavy (non-hydrogen) atoms. The van der Waals surface area contributed by atoms with Crippen LogP contribution in [0.1, 0.15) is 28.4 Å². The van der Waals surface area contributed by atoms with E-state index in [9.17, 15) is 9.59 Å². The summed E-state index contributed by atoms with van der Waals surface area (Å²) in [4.78, 5) is 31.5. The fraction of sp³-hybridized carbons (Fsp3) is 0.241. The predicted octanol–water partition coefficient (Wildman–Crippen LogP) is 5.11. The van der Waals surface area contributed by atoms with E-state index in [0.29, 0.717) is 46.4 Å². The zero-order valence-corrected chi connectivity index (χ0v) is 21.6. The van der Waals surface area contributed by atoms with Gasteiger partial charge in [0.2, 0.25) is 5.75 Å². The van der Waals surface area contributed by atoms with E-state index in [2.05, 4.69) is 4.98 Å². The lowest BCUT2D eigenvalue weighted by molar-refractivity contribution is 0.0984. The molecule has 0 fully saturated rings. The van der Waals surface area contributed by atoms with Crippen molar-refractivity contribution in [3.63, 3.8) is 0 Å². The molecular weight excluding hydrogens is 472 g/mol. The summed E-state index contributed by atoms with van der Waals surface area (Å²) in [5, 5.41) is 0.882. The van der Waals surface area contributed by atoms with Gasteiger partial charge in [0.1, 0.15) is 5.75 Å². The first-order chi connectivity index (χ1) is 17.9. The Morgan fingerprint density at radius 2 is 1.57 bits per heavy atom. The van der Waals surface area contributed by atoms with Crippen LogP contribution in [0.2, 0.25) is 0 Å². The molecule has 1 N–H and O–H groups in total. The van der Waals surface area contributed by atoms with Gasteiger partial charge in [0.25, 0.3) is 11.5 Å². The zero-order chi connectivity index (χ0) is 26.5. The minimum Gasteiger partial charge on any atom is -0.494 e. The molecule has 8 heteroatoms. The highest BCUT2D eigenvalue weighted by atomic mass is 16.5. The monoisotopic (exact) mass is 502 g/mol. The Morgan fingerprint density at radius 3 is 2.16 bits per heavy atom. The highest BCUT2D eigenvalue weighted by Gasteiger charge is 2.24.